The fourth-order valence-electron chi connectivity index (χ4n) is 2.26. The predicted octanol–water partition coefficient (Wildman–Crippen LogP) is 4.14. The fraction of sp³-hybridized carbons (Fsp3) is 0.0526. The Balaban J connectivity index is 1.82. The summed E-state index contributed by atoms with van der Waals surface area (Å²) < 4.78 is 5.82. The lowest BCUT2D eigenvalue weighted by molar-refractivity contribution is 0.112. The van der Waals surface area contributed by atoms with Gasteiger partial charge in [-0.2, -0.15) is 0 Å². The number of carbonyl (C=O) groups excluding carboxylic acids is 1. The highest BCUT2D eigenvalue weighted by Crippen LogP contribution is 2.26. The molecular formula is C19H15NO2. The van der Waals surface area contributed by atoms with Gasteiger partial charge in [0, 0.05) is 18.0 Å². The van der Waals surface area contributed by atoms with Gasteiger partial charge in [-0.05, 0) is 34.9 Å². The van der Waals surface area contributed by atoms with Gasteiger partial charge in [0.15, 0.2) is 6.29 Å². The van der Waals surface area contributed by atoms with Crippen molar-refractivity contribution in [1.29, 1.82) is 0 Å². The third-order valence-corrected chi connectivity index (χ3v) is 3.37. The molecule has 0 aliphatic heterocycles. The van der Waals surface area contributed by atoms with Gasteiger partial charge in [-0.15, -0.1) is 0 Å². The van der Waals surface area contributed by atoms with Crippen molar-refractivity contribution in [3.05, 3.63) is 84.2 Å². The third kappa shape index (κ3) is 3.20. The zero-order valence-corrected chi connectivity index (χ0v) is 12.0. The summed E-state index contributed by atoms with van der Waals surface area (Å²) in [5, 5.41) is 0. The van der Waals surface area contributed by atoms with Crippen molar-refractivity contribution in [3.8, 4) is 16.9 Å². The van der Waals surface area contributed by atoms with E-state index in [-0.39, 0.29) is 0 Å². The minimum Gasteiger partial charge on any atom is -0.489 e. The monoisotopic (exact) mass is 289 g/mol. The van der Waals surface area contributed by atoms with E-state index < -0.39 is 0 Å². The van der Waals surface area contributed by atoms with Gasteiger partial charge < -0.3 is 4.74 Å². The molecule has 3 heteroatoms. The number of nitrogens with zero attached hydrogens (tertiary/aromatic N) is 1. The summed E-state index contributed by atoms with van der Waals surface area (Å²) in [4.78, 5) is 15.1. The van der Waals surface area contributed by atoms with Crippen LogP contribution in [0, 0.1) is 0 Å². The van der Waals surface area contributed by atoms with Gasteiger partial charge in [0.1, 0.15) is 12.4 Å². The van der Waals surface area contributed by atoms with Crippen LogP contribution in [0.2, 0.25) is 0 Å². The normalized spacial score (nSPS) is 10.2. The van der Waals surface area contributed by atoms with E-state index in [1.807, 2.05) is 60.7 Å². The standard InChI is InChI=1S/C19H15NO2/c21-13-17-12-20-10-9-19(17)16-7-4-8-18(11-16)22-14-15-5-2-1-3-6-15/h1-13H,14H2. The van der Waals surface area contributed by atoms with Crippen molar-refractivity contribution in [3.63, 3.8) is 0 Å². The van der Waals surface area contributed by atoms with Crippen molar-refractivity contribution in [2.24, 2.45) is 0 Å². The van der Waals surface area contributed by atoms with Gasteiger partial charge in [-0.3, -0.25) is 9.78 Å². The molecule has 0 amide bonds. The van der Waals surface area contributed by atoms with Crippen LogP contribution in [-0.2, 0) is 6.61 Å². The van der Waals surface area contributed by atoms with E-state index in [9.17, 15) is 4.79 Å². The molecule has 0 N–H and O–H groups in total. The molecule has 3 nitrogen and oxygen atoms in total. The Morgan fingerprint density at radius 3 is 2.68 bits per heavy atom. The molecule has 2 aromatic carbocycles. The quantitative estimate of drug-likeness (QED) is 0.663. The minimum absolute atomic E-state index is 0.515. The molecule has 1 aromatic heterocycles. The van der Waals surface area contributed by atoms with Crippen LogP contribution in [0.1, 0.15) is 15.9 Å². The van der Waals surface area contributed by atoms with Crippen LogP contribution in [-0.4, -0.2) is 11.3 Å². The summed E-state index contributed by atoms with van der Waals surface area (Å²) in [6.45, 7) is 0.515. The molecule has 22 heavy (non-hydrogen) atoms. The molecule has 0 bridgehead atoms. The van der Waals surface area contributed by atoms with Crippen molar-refractivity contribution in [1.82, 2.24) is 4.98 Å². The Hall–Kier alpha value is -2.94. The topological polar surface area (TPSA) is 39.2 Å². The first-order chi connectivity index (χ1) is 10.9. The molecule has 0 fully saturated rings. The number of aromatic nitrogens is 1. The number of rotatable bonds is 5. The number of pyridine rings is 1. The first kappa shape index (κ1) is 14.0. The van der Waals surface area contributed by atoms with Crippen LogP contribution >= 0.6 is 0 Å². The maximum atomic E-state index is 11.1. The van der Waals surface area contributed by atoms with E-state index >= 15 is 0 Å². The number of ether oxygens (including phenoxy) is 1. The molecular weight excluding hydrogens is 274 g/mol. The number of aldehydes is 1. The third-order valence-electron chi connectivity index (χ3n) is 3.37. The largest absolute Gasteiger partial charge is 0.489 e. The summed E-state index contributed by atoms with van der Waals surface area (Å²) in [7, 11) is 0. The molecule has 3 rings (SSSR count). The maximum Gasteiger partial charge on any atom is 0.152 e. The Kier molecular flexibility index (Phi) is 4.25. The lowest BCUT2D eigenvalue weighted by Crippen LogP contribution is -1.95. The highest BCUT2D eigenvalue weighted by molar-refractivity contribution is 5.87. The van der Waals surface area contributed by atoms with Gasteiger partial charge in [0.2, 0.25) is 0 Å². The second-order valence-corrected chi connectivity index (χ2v) is 4.88. The first-order valence-electron chi connectivity index (χ1n) is 7.03. The van der Waals surface area contributed by atoms with Gasteiger partial charge in [-0.25, -0.2) is 0 Å². The van der Waals surface area contributed by atoms with E-state index in [0.717, 1.165) is 28.7 Å². The predicted molar refractivity (Wildman–Crippen MR) is 85.8 cm³/mol. The van der Waals surface area contributed by atoms with Gasteiger partial charge in [-0.1, -0.05) is 42.5 Å². The molecule has 0 aliphatic carbocycles. The van der Waals surface area contributed by atoms with Gasteiger partial charge in [0.05, 0.1) is 0 Å². The van der Waals surface area contributed by atoms with E-state index in [1.165, 1.54) is 0 Å². The van der Waals surface area contributed by atoms with Crippen molar-refractivity contribution in [2.45, 2.75) is 6.61 Å². The molecule has 0 saturated heterocycles. The Morgan fingerprint density at radius 1 is 1.00 bits per heavy atom. The number of hydrogen-bond donors (Lipinski definition) is 0. The van der Waals surface area contributed by atoms with E-state index in [0.29, 0.717) is 12.2 Å². The molecule has 3 aromatic rings. The smallest absolute Gasteiger partial charge is 0.152 e. The molecule has 0 radical (unpaired) electrons. The lowest BCUT2D eigenvalue weighted by Gasteiger charge is -2.09. The van der Waals surface area contributed by atoms with Crippen LogP contribution in [0.25, 0.3) is 11.1 Å². The average molecular weight is 289 g/mol. The Bertz CT molecular complexity index is 769. The summed E-state index contributed by atoms with van der Waals surface area (Å²) in [6, 6.07) is 19.6. The highest BCUT2D eigenvalue weighted by Gasteiger charge is 2.05. The van der Waals surface area contributed by atoms with E-state index in [4.69, 9.17) is 4.74 Å². The molecule has 0 unspecified atom stereocenters. The second kappa shape index (κ2) is 6.68. The number of carbonyl (C=O) groups is 1. The SMILES string of the molecule is O=Cc1cnccc1-c1cccc(OCc2ccccc2)c1. The lowest BCUT2D eigenvalue weighted by atomic mass is 10.0. The fourth-order valence-corrected chi connectivity index (χ4v) is 2.26. The molecule has 0 atom stereocenters. The summed E-state index contributed by atoms with van der Waals surface area (Å²) in [5.41, 5.74) is 3.48. The maximum absolute atomic E-state index is 11.1. The van der Waals surface area contributed by atoms with Crippen LogP contribution in [0.4, 0.5) is 0 Å². The van der Waals surface area contributed by atoms with Crippen molar-refractivity contribution >= 4 is 6.29 Å². The summed E-state index contributed by atoms with van der Waals surface area (Å²) in [5.74, 6) is 0.773. The van der Waals surface area contributed by atoms with Crippen LogP contribution in [0.3, 0.4) is 0 Å². The van der Waals surface area contributed by atoms with Crippen molar-refractivity contribution in [2.75, 3.05) is 0 Å². The van der Waals surface area contributed by atoms with Crippen LogP contribution in [0.15, 0.2) is 73.1 Å². The molecule has 108 valence electrons. The van der Waals surface area contributed by atoms with Crippen LogP contribution < -0.4 is 4.74 Å². The van der Waals surface area contributed by atoms with Gasteiger partial charge in [0.25, 0.3) is 0 Å². The minimum atomic E-state index is 0.515. The second-order valence-electron chi connectivity index (χ2n) is 4.88. The zero-order valence-electron chi connectivity index (χ0n) is 12.0. The Morgan fingerprint density at radius 2 is 1.86 bits per heavy atom. The average Bonchev–Trinajstić information content (AvgIpc) is 2.61. The number of hydrogen-bond acceptors (Lipinski definition) is 3. The first-order valence-corrected chi connectivity index (χ1v) is 7.03. The Labute approximate surface area is 129 Å². The molecule has 1 heterocycles. The number of benzene rings is 2. The highest BCUT2D eigenvalue weighted by atomic mass is 16.5. The molecule has 0 saturated carbocycles. The van der Waals surface area contributed by atoms with Gasteiger partial charge >= 0.3 is 0 Å². The van der Waals surface area contributed by atoms with E-state index in [1.54, 1.807) is 12.4 Å². The van der Waals surface area contributed by atoms with Crippen molar-refractivity contribution < 1.29 is 9.53 Å². The summed E-state index contributed by atoms with van der Waals surface area (Å²) in [6.07, 6.45) is 4.07. The van der Waals surface area contributed by atoms with Crippen LogP contribution in [0.5, 0.6) is 5.75 Å². The molecule has 0 spiro atoms. The summed E-state index contributed by atoms with van der Waals surface area (Å²) >= 11 is 0. The van der Waals surface area contributed by atoms with E-state index in [2.05, 4.69) is 4.98 Å². The molecule has 0 aliphatic rings. The zero-order chi connectivity index (χ0) is 15.2.